The molecule has 0 saturated carbocycles. The molecule has 1 aliphatic heterocycles. The van der Waals surface area contributed by atoms with Gasteiger partial charge < -0.3 is 16.0 Å². The van der Waals surface area contributed by atoms with Gasteiger partial charge >= 0.3 is 0 Å². The number of rotatable bonds is 7. The summed E-state index contributed by atoms with van der Waals surface area (Å²) in [6.07, 6.45) is 1.56. The van der Waals surface area contributed by atoms with Gasteiger partial charge in [0.05, 0.1) is 6.67 Å². The topological polar surface area (TPSA) is 87.5 Å². The first-order valence-corrected chi connectivity index (χ1v) is 9.76. The van der Waals surface area contributed by atoms with Crippen LogP contribution >= 0.6 is 0 Å². The lowest BCUT2D eigenvalue weighted by Gasteiger charge is -2.22. The average molecular weight is 380 g/mol. The summed E-state index contributed by atoms with van der Waals surface area (Å²) >= 11 is 0. The lowest BCUT2D eigenvalue weighted by molar-refractivity contribution is -0.134. The van der Waals surface area contributed by atoms with Crippen LogP contribution in [0.2, 0.25) is 0 Å². The largest absolute Gasteiger partial charge is 0.399 e. The molecule has 4 N–H and O–H groups in total. The van der Waals surface area contributed by atoms with Crippen molar-refractivity contribution in [3.63, 3.8) is 0 Å². The van der Waals surface area contributed by atoms with Gasteiger partial charge in [-0.25, -0.2) is 0 Å². The van der Waals surface area contributed by atoms with E-state index in [1.54, 1.807) is 24.3 Å². The zero-order valence-electron chi connectivity index (χ0n) is 16.2. The monoisotopic (exact) mass is 380 g/mol. The van der Waals surface area contributed by atoms with Gasteiger partial charge in [-0.1, -0.05) is 37.3 Å². The molecule has 1 saturated heterocycles. The number of nitrogens with zero attached hydrogens (tertiary/aromatic N) is 1. The Morgan fingerprint density at radius 1 is 1.18 bits per heavy atom. The molecule has 0 radical (unpaired) electrons. The van der Waals surface area contributed by atoms with Crippen molar-refractivity contribution in [3.05, 3.63) is 65.7 Å². The van der Waals surface area contributed by atoms with Gasteiger partial charge in [0, 0.05) is 36.3 Å². The standard InChI is InChI=1S/C22H28N4O2/c1-2-17(12-16-6-4-3-5-7-16)22(28)26-14-20(25-15-26)13-24-21(27)18-8-10-19(23)11-9-18/h3-11,17,20,25H,2,12-15,23H2,1H3,(H,24,27). The quantitative estimate of drug-likeness (QED) is 0.642. The molecule has 1 aliphatic rings. The minimum absolute atomic E-state index is 0.0210. The first-order valence-electron chi connectivity index (χ1n) is 9.76. The normalized spacial score (nSPS) is 17.3. The molecule has 2 amide bonds. The maximum atomic E-state index is 12.9. The average Bonchev–Trinajstić information content (AvgIpc) is 3.20. The third-order valence-electron chi connectivity index (χ3n) is 5.17. The van der Waals surface area contributed by atoms with Crippen LogP contribution in [0.4, 0.5) is 5.69 Å². The molecular weight excluding hydrogens is 352 g/mol. The minimum Gasteiger partial charge on any atom is -0.399 e. The molecule has 0 bridgehead atoms. The molecule has 148 valence electrons. The molecule has 28 heavy (non-hydrogen) atoms. The van der Waals surface area contributed by atoms with Crippen molar-refractivity contribution in [2.24, 2.45) is 5.92 Å². The Morgan fingerprint density at radius 2 is 1.89 bits per heavy atom. The van der Waals surface area contributed by atoms with Gasteiger partial charge in [0.25, 0.3) is 5.91 Å². The van der Waals surface area contributed by atoms with E-state index >= 15 is 0 Å². The second-order valence-electron chi connectivity index (χ2n) is 7.25. The Kier molecular flexibility index (Phi) is 6.66. The fourth-order valence-corrected chi connectivity index (χ4v) is 3.45. The van der Waals surface area contributed by atoms with Gasteiger partial charge in [-0.2, -0.15) is 0 Å². The molecule has 6 nitrogen and oxygen atoms in total. The molecule has 2 atom stereocenters. The summed E-state index contributed by atoms with van der Waals surface area (Å²) in [4.78, 5) is 27.0. The highest BCUT2D eigenvalue weighted by Crippen LogP contribution is 2.17. The Hall–Kier alpha value is -2.86. The number of benzene rings is 2. The molecule has 1 fully saturated rings. The van der Waals surface area contributed by atoms with Gasteiger partial charge in [-0.15, -0.1) is 0 Å². The van der Waals surface area contributed by atoms with E-state index in [4.69, 9.17) is 5.73 Å². The third kappa shape index (κ3) is 5.10. The molecule has 1 heterocycles. The van der Waals surface area contributed by atoms with Crippen molar-refractivity contribution in [1.82, 2.24) is 15.5 Å². The molecule has 2 aromatic carbocycles. The zero-order chi connectivity index (χ0) is 19.9. The number of carbonyl (C=O) groups excluding carboxylic acids is 2. The predicted molar refractivity (Wildman–Crippen MR) is 111 cm³/mol. The van der Waals surface area contributed by atoms with E-state index in [-0.39, 0.29) is 23.8 Å². The van der Waals surface area contributed by atoms with E-state index in [0.717, 1.165) is 12.8 Å². The first-order chi connectivity index (χ1) is 13.6. The number of anilines is 1. The summed E-state index contributed by atoms with van der Waals surface area (Å²) in [7, 11) is 0. The minimum atomic E-state index is -0.137. The second kappa shape index (κ2) is 9.37. The molecule has 6 heteroatoms. The van der Waals surface area contributed by atoms with E-state index in [1.807, 2.05) is 23.1 Å². The third-order valence-corrected chi connectivity index (χ3v) is 5.17. The summed E-state index contributed by atoms with van der Waals surface area (Å²) in [6, 6.07) is 17.0. The van der Waals surface area contributed by atoms with Gasteiger partial charge in [0.1, 0.15) is 0 Å². The summed E-state index contributed by atoms with van der Waals surface area (Å²) in [5.74, 6) is 0.0145. The summed E-state index contributed by atoms with van der Waals surface area (Å²) in [5, 5.41) is 6.24. The van der Waals surface area contributed by atoms with Gasteiger partial charge in [-0.05, 0) is 42.7 Å². The smallest absolute Gasteiger partial charge is 0.251 e. The lowest BCUT2D eigenvalue weighted by Crippen LogP contribution is -2.39. The molecule has 0 spiro atoms. The number of amides is 2. The van der Waals surface area contributed by atoms with Crippen LogP contribution in [0.5, 0.6) is 0 Å². The molecule has 0 aliphatic carbocycles. The Morgan fingerprint density at radius 3 is 2.57 bits per heavy atom. The van der Waals surface area contributed by atoms with E-state index in [0.29, 0.717) is 31.0 Å². The second-order valence-corrected chi connectivity index (χ2v) is 7.25. The van der Waals surface area contributed by atoms with Crippen LogP contribution in [0.15, 0.2) is 54.6 Å². The molecular formula is C22H28N4O2. The van der Waals surface area contributed by atoms with Crippen LogP contribution in [0.1, 0.15) is 29.3 Å². The maximum Gasteiger partial charge on any atom is 0.251 e. The fourth-order valence-electron chi connectivity index (χ4n) is 3.45. The van der Waals surface area contributed by atoms with E-state index in [9.17, 15) is 9.59 Å². The molecule has 2 unspecified atom stereocenters. The van der Waals surface area contributed by atoms with Crippen molar-refractivity contribution in [2.45, 2.75) is 25.8 Å². The van der Waals surface area contributed by atoms with Crippen LogP contribution < -0.4 is 16.4 Å². The van der Waals surface area contributed by atoms with Gasteiger partial charge in [-0.3, -0.25) is 14.9 Å². The van der Waals surface area contributed by atoms with Crippen LogP contribution in [0.3, 0.4) is 0 Å². The number of nitrogen functional groups attached to an aromatic ring is 1. The van der Waals surface area contributed by atoms with Crippen molar-refractivity contribution < 1.29 is 9.59 Å². The summed E-state index contributed by atoms with van der Waals surface area (Å²) < 4.78 is 0. The van der Waals surface area contributed by atoms with E-state index < -0.39 is 0 Å². The summed E-state index contributed by atoms with van der Waals surface area (Å²) in [5.41, 5.74) is 8.04. The van der Waals surface area contributed by atoms with Crippen molar-refractivity contribution >= 4 is 17.5 Å². The predicted octanol–water partition coefficient (Wildman–Crippen LogP) is 2.03. The van der Waals surface area contributed by atoms with Crippen LogP contribution in [-0.2, 0) is 11.2 Å². The van der Waals surface area contributed by atoms with E-state index in [1.165, 1.54) is 5.56 Å². The number of nitrogens with one attached hydrogen (secondary N) is 2. The first kappa shape index (κ1) is 19.9. The van der Waals surface area contributed by atoms with Crippen molar-refractivity contribution in [3.8, 4) is 0 Å². The summed E-state index contributed by atoms with van der Waals surface area (Å²) in [6.45, 7) is 3.65. The maximum absolute atomic E-state index is 12.9. The Balaban J connectivity index is 1.49. The van der Waals surface area contributed by atoms with Crippen LogP contribution in [0, 0.1) is 5.92 Å². The highest BCUT2D eigenvalue weighted by molar-refractivity contribution is 5.94. The molecule has 0 aromatic heterocycles. The van der Waals surface area contributed by atoms with Crippen molar-refractivity contribution in [1.29, 1.82) is 0 Å². The number of nitrogens with two attached hydrogens (primary N) is 1. The highest BCUT2D eigenvalue weighted by atomic mass is 16.2. The molecule has 2 aromatic rings. The molecule has 3 rings (SSSR count). The van der Waals surface area contributed by atoms with Gasteiger partial charge in [0.15, 0.2) is 0 Å². The number of hydrogen-bond acceptors (Lipinski definition) is 4. The van der Waals surface area contributed by atoms with Crippen LogP contribution in [0.25, 0.3) is 0 Å². The lowest BCUT2D eigenvalue weighted by atomic mass is 9.95. The number of hydrogen-bond donors (Lipinski definition) is 3. The van der Waals surface area contributed by atoms with Gasteiger partial charge in [0.2, 0.25) is 5.91 Å². The SMILES string of the molecule is CCC(Cc1ccccc1)C(=O)N1CNC(CNC(=O)c2ccc(N)cc2)C1. The Bertz CT molecular complexity index is 792. The Labute approximate surface area is 166 Å². The van der Waals surface area contributed by atoms with E-state index in [2.05, 4.69) is 29.7 Å². The fraction of sp³-hybridized carbons (Fsp3) is 0.364. The van der Waals surface area contributed by atoms with Crippen molar-refractivity contribution in [2.75, 3.05) is 25.5 Å². The zero-order valence-corrected chi connectivity index (χ0v) is 16.2. The highest BCUT2D eigenvalue weighted by Gasteiger charge is 2.30. The van der Waals surface area contributed by atoms with Crippen LogP contribution in [-0.4, -0.2) is 42.5 Å². The number of carbonyl (C=O) groups is 2.